The van der Waals surface area contributed by atoms with Gasteiger partial charge in [-0.1, -0.05) is 0 Å². The molecule has 1 N–H and O–H groups in total. The van der Waals surface area contributed by atoms with Crippen LogP contribution in [0.3, 0.4) is 0 Å². The molecule has 0 bridgehead atoms. The van der Waals surface area contributed by atoms with Crippen LogP contribution in [0.25, 0.3) is 0 Å². The first kappa shape index (κ1) is 12.4. The van der Waals surface area contributed by atoms with E-state index in [0.717, 1.165) is 0 Å². The lowest BCUT2D eigenvalue weighted by Gasteiger charge is -2.13. The normalized spacial score (nSPS) is 13.0. The molecular formula is C9H19NO3. The quantitative estimate of drug-likeness (QED) is 0.664. The van der Waals surface area contributed by atoms with Gasteiger partial charge >= 0.3 is 0 Å². The van der Waals surface area contributed by atoms with Crippen molar-refractivity contribution in [3.05, 3.63) is 0 Å². The predicted molar refractivity (Wildman–Crippen MR) is 50.6 cm³/mol. The van der Waals surface area contributed by atoms with Gasteiger partial charge in [0.2, 0.25) is 5.91 Å². The van der Waals surface area contributed by atoms with Crippen LogP contribution in [0.4, 0.5) is 0 Å². The average Bonchev–Trinajstić information content (AvgIpc) is 2.01. The molecule has 0 saturated heterocycles. The van der Waals surface area contributed by atoms with Gasteiger partial charge in [0.05, 0.1) is 12.7 Å². The number of nitrogens with one attached hydrogen (secondary N) is 1. The summed E-state index contributed by atoms with van der Waals surface area (Å²) in [5, 5.41) is 2.75. The van der Waals surface area contributed by atoms with E-state index in [1.807, 2.05) is 20.8 Å². The van der Waals surface area contributed by atoms with E-state index in [-0.39, 0.29) is 24.7 Å². The molecule has 0 aromatic heterocycles. The zero-order valence-electron chi connectivity index (χ0n) is 8.79. The molecule has 13 heavy (non-hydrogen) atoms. The van der Waals surface area contributed by atoms with Crippen molar-refractivity contribution in [1.29, 1.82) is 0 Å². The smallest absolute Gasteiger partial charge is 0.246 e. The zero-order valence-corrected chi connectivity index (χ0v) is 8.79. The van der Waals surface area contributed by atoms with Crippen molar-refractivity contribution >= 4 is 5.91 Å². The predicted octanol–water partition coefficient (Wildman–Crippen LogP) is 0.562. The van der Waals surface area contributed by atoms with E-state index in [9.17, 15) is 4.79 Å². The summed E-state index contributed by atoms with van der Waals surface area (Å²) < 4.78 is 10.0. The maximum atomic E-state index is 11.1. The van der Waals surface area contributed by atoms with E-state index in [2.05, 4.69) is 5.32 Å². The van der Waals surface area contributed by atoms with Gasteiger partial charge in [0.25, 0.3) is 0 Å². The second kappa shape index (κ2) is 6.86. The molecule has 0 aromatic carbocycles. The molecule has 1 unspecified atom stereocenters. The third kappa shape index (κ3) is 7.74. The Morgan fingerprint density at radius 2 is 2.00 bits per heavy atom. The van der Waals surface area contributed by atoms with Crippen LogP contribution in [-0.2, 0) is 14.3 Å². The largest absolute Gasteiger partial charge is 0.383 e. The van der Waals surface area contributed by atoms with Crippen molar-refractivity contribution in [3.8, 4) is 0 Å². The SMILES string of the molecule is COCC(C)NC(=O)COC(C)C. The first-order chi connectivity index (χ1) is 6.06. The van der Waals surface area contributed by atoms with Crippen LogP contribution >= 0.6 is 0 Å². The fraction of sp³-hybridized carbons (Fsp3) is 0.889. The van der Waals surface area contributed by atoms with Gasteiger partial charge in [-0.15, -0.1) is 0 Å². The maximum Gasteiger partial charge on any atom is 0.246 e. The minimum atomic E-state index is -0.0988. The minimum absolute atomic E-state index is 0.0354. The van der Waals surface area contributed by atoms with Crippen molar-refractivity contribution in [2.24, 2.45) is 0 Å². The van der Waals surface area contributed by atoms with Crippen molar-refractivity contribution in [2.75, 3.05) is 20.3 Å². The van der Waals surface area contributed by atoms with Gasteiger partial charge in [0, 0.05) is 13.2 Å². The van der Waals surface area contributed by atoms with Crippen LogP contribution in [0.1, 0.15) is 20.8 Å². The minimum Gasteiger partial charge on any atom is -0.383 e. The topological polar surface area (TPSA) is 47.6 Å². The van der Waals surface area contributed by atoms with Crippen LogP contribution in [-0.4, -0.2) is 38.4 Å². The van der Waals surface area contributed by atoms with Gasteiger partial charge in [-0.2, -0.15) is 0 Å². The van der Waals surface area contributed by atoms with Gasteiger partial charge < -0.3 is 14.8 Å². The molecule has 0 heterocycles. The van der Waals surface area contributed by atoms with E-state index in [0.29, 0.717) is 6.61 Å². The van der Waals surface area contributed by atoms with Crippen molar-refractivity contribution < 1.29 is 14.3 Å². The summed E-state index contributed by atoms with van der Waals surface area (Å²) in [6, 6.07) is 0.0354. The number of carbonyl (C=O) groups excluding carboxylic acids is 1. The summed E-state index contributed by atoms with van der Waals surface area (Å²) in [5.74, 6) is -0.0988. The molecular weight excluding hydrogens is 170 g/mol. The molecule has 0 aromatic rings. The third-order valence-electron chi connectivity index (χ3n) is 1.37. The highest BCUT2D eigenvalue weighted by atomic mass is 16.5. The van der Waals surface area contributed by atoms with Gasteiger partial charge in [-0.05, 0) is 20.8 Å². The first-order valence-electron chi connectivity index (χ1n) is 4.46. The summed E-state index contributed by atoms with van der Waals surface area (Å²) in [4.78, 5) is 11.1. The monoisotopic (exact) mass is 189 g/mol. The Morgan fingerprint density at radius 3 is 2.46 bits per heavy atom. The Kier molecular flexibility index (Phi) is 6.54. The second-order valence-corrected chi connectivity index (χ2v) is 3.28. The van der Waals surface area contributed by atoms with E-state index in [1.54, 1.807) is 7.11 Å². The fourth-order valence-corrected chi connectivity index (χ4v) is 0.851. The molecule has 0 aliphatic rings. The number of rotatable bonds is 6. The van der Waals surface area contributed by atoms with E-state index < -0.39 is 0 Å². The summed E-state index contributed by atoms with van der Waals surface area (Å²) in [6.07, 6.45) is 0.0866. The van der Waals surface area contributed by atoms with Crippen LogP contribution in [0.5, 0.6) is 0 Å². The molecule has 0 aliphatic carbocycles. The molecule has 0 radical (unpaired) electrons. The molecule has 1 amide bonds. The summed E-state index contributed by atoms with van der Waals surface area (Å²) in [5.41, 5.74) is 0. The first-order valence-corrected chi connectivity index (χ1v) is 4.46. The number of carbonyl (C=O) groups is 1. The van der Waals surface area contributed by atoms with Crippen LogP contribution in [0.2, 0.25) is 0 Å². The Hall–Kier alpha value is -0.610. The Bertz CT molecular complexity index is 148. The maximum absolute atomic E-state index is 11.1. The van der Waals surface area contributed by atoms with E-state index >= 15 is 0 Å². The van der Waals surface area contributed by atoms with Crippen LogP contribution in [0.15, 0.2) is 0 Å². The van der Waals surface area contributed by atoms with Crippen LogP contribution in [0, 0.1) is 0 Å². The van der Waals surface area contributed by atoms with Crippen molar-refractivity contribution in [1.82, 2.24) is 5.32 Å². The van der Waals surface area contributed by atoms with E-state index in [4.69, 9.17) is 9.47 Å². The molecule has 4 heteroatoms. The molecule has 0 saturated carbocycles. The van der Waals surface area contributed by atoms with Gasteiger partial charge in [0.1, 0.15) is 6.61 Å². The van der Waals surface area contributed by atoms with E-state index in [1.165, 1.54) is 0 Å². The Labute approximate surface area is 79.6 Å². The summed E-state index contributed by atoms with van der Waals surface area (Å²) in [6.45, 7) is 6.31. The third-order valence-corrected chi connectivity index (χ3v) is 1.37. The van der Waals surface area contributed by atoms with Gasteiger partial charge in [0.15, 0.2) is 0 Å². The Morgan fingerprint density at radius 1 is 1.38 bits per heavy atom. The molecule has 0 rings (SSSR count). The van der Waals surface area contributed by atoms with Gasteiger partial charge in [-0.3, -0.25) is 4.79 Å². The standard InChI is InChI=1S/C9H19NO3/c1-7(2)13-6-9(11)10-8(3)5-12-4/h7-8H,5-6H2,1-4H3,(H,10,11). The highest BCUT2D eigenvalue weighted by Gasteiger charge is 2.07. The molecule has 0 fully saturated rings. The summed E-state index contributed by atoms with van der Waals surface area (Å²) >= 11 is 0. The lowest BCUT2D eigenvalue weighted by Crippen LogP contribution is -2.38. The number of methoxy groups -OCH3 is 1. The Balaban J connectivity index is 3.50. The molecule has 1 atom stereocenters. The fourth-order valence-electron chi connectivity index (χ4n) is 0.851. The van der Waals surface area contributed by atoms with Crippen molar-refractivity contribution in [3.63, 3.8) is 0 Å². The number of ether oxygens (including phenoxy) is 2. The average molecular weight is 189 g/mol. The molecule has 78 valence electrons. The molecule has 0 aliphatic heterocycles. The number of amides is 1. The lowest BCUT2D eigenvalue weighted by molar-refractivity contribution is -0.128. The highest BCUT2D eigenvalue weighted by Crippen LogP contribution is 1.88. The zero-order chi connectivity index (χ0) is 10.3. The molecule has 0 spiro atoms. The number of hydrogen-bond donors (Lipinski definition) is 1. The lowest BCUT2D eigenvalue weighted by atomic mass is 10.3. The number of hydrogen-bond acceptors (Lipinski definition) is 3. The summed E-state index contributed by atoms with van der Waals surface area (Å²) in [7, 11) is 1.60. The van der Waals surface area contributed by atoms with Crippen molar-refractivity contribution in [2.45, 2.75) is 32.9 Å². The molecule has 4 nitrogen and oxygen atoms in total. The highest BCUT2D eigenvalue weighted by molar-refractivity contribution is 5.77. The van der Waals surface area contributed by atoms with Crippen LogP contribution < -0.4 is 5.32 Å². The van der Waals surface area contributed by atoms with Gasteiger partial charge in [-0.25, -0.2) is 0 Å². The second-order valence-electron chi connectivity index (χ2n) is 3.28.